The molecule has 1 N–H and O–H groups in total. The van der Waals surface area contributed by atoms with Gasteiger partial charge in [-0.1, -0.05) is 35.4 Å². The highest BCUT2D eigenvalue weighted by atomic mass is 35.5. The molecule has 1 aromatic rings. The number of nitrogens with one attached hydrogen (secondary N) is 1. The van der Waals surface area contributed by atoms with Crippen LogP contribution in [0, 0.1) is 11.8 Å². The topological polar surface area (TPSA) is 12.0 Å². The fourth-order valence-corrected chi connectivity index (χ4v) is 3.04. The molecule has 0 saturated heterocycles. The summed E-state index contributed by atoms with van der Waals surface area (Å²) in [5.74, 6) is 1.55. The highest BCUT2D eigenvalue weighted by molar-refractivity contribution is 6.35. The lowest BCUT2D eigenvalue weighted by atomic mass is 9.71. The molecule has 0 spiro atoms. The summed E-state index contributed by atoms with van der Waals surface area (Å²) in [6.07, 6.45) is 7.09. The number of rotatable bonds is 2. The standard InChI is InChI=1S/C13H13Cl2N/c14-9-4-5-11(15)13(7-9)16-12-6-8-2-1-3-10(8)12/h1,3-5,7-8,10,12,16H,2,6H2. The van der Waals surface area contributed by atoms with E-state index in [4.69, 9.17) is 23.2 Å². The van der Waals surface area contributed by atoms with Gasteiger partial charge >= 0.3 is 0 Å². The van der Waals surface area contributed by atoms with E-state index >= 15 is 0 Å². The zero-order valence-electron chi connectivity index (χ0n) is 8.79. The van der Waals surface area contributed by atoms with Gasteiger partial charge in [0.1, 0.15) is 0 Å². The third-order valence-electron chi connectivity index (χ3n) is 3.63. The number of hydrogen-bond donors (Lipinski definition) is 1. The fraction of sp³-hybridized carbons (Fsp3) is 0.385. The Labute approximate surface area is 105 Å². The summed E-state index contributed by atoms with van der Waals surface area (Å²) in [5, 5.41) is 4.96. The molecule has 3 unspecified atom stereocenters. The second-order valence-electron chi connectivity index (χ2n) is 4.61. The van der Waals surface area contributed by atoms with Crippen LogP contribution < -0.4 is 5.32 Å². The van der Waals surface area contributed by atoms with Gasteiger partial charge in [0.05, 0.1) is 10.7 Å². The van der Waals surface area contributed by atoms with Crippen molar-refractivity contribution in [3.05, 3.63) is 40.4 Å². The van der Waals surface area contributed by atoms with Crippen molar-refractivity contribution in [2.24, 2.45) is 11.8 Å². The van der Waals surface area contributed by atoms with E-state index in [-0.39, 0.29) is 0 Å². The fourth-order valence-electron chi connectivity index (χ4n) is 2.69. The molecule has 2 aliphatic carbocycles. The first-order valence-electron chi connectivity index (χ1n) is 5.62. The summed E-state index contributed by atoms with van der Waals surface area (Å²) in [6, 6.07) is 6.08. The van der Waals surface area contributed by atoms with Gasteiger partial charge in [-0.2, -0.15) is 0 Å². The average molecular weight is 254 g/mol. The molecule has 0 heterocycles. The molecule has 2 aliphatic rings. The Kier molecular flexibility index (Phi) is 2.61. The molecule has 0 aliphatic heterocycles. The Hall–Kier alpha value is -0.660. The minimum Gasteiger partial charge on any atom is -0.380 e. The Morgan fingerprint density at radius 2 is 2.12 bits per heavy atom. The van der Waals surface area contributed by atoms with Gasteiger partial charge in [-0.3, -0.25) is 0 Å². The summed E-state index contributed by atoms with van der Waals surface area (Å²) >= 11 is 12.1. The van der Waals surface area contributed by atoms with E-state index in [0.717, 1.165) is 21.7 Å². The highest BCUT2D eigenvalue weighted by Crippen LogP contribution is 2.44. The maximum absolute atomic E-state index is 6.13. The monoisotopic (exact) mass is 253 g/mol. The second-order valence-corrected chi connectivity index (χ2v) is 5.46. The first-order chi connectivity index (χ1) is 7.74. The second kappa shape index (κ2) is 3.97. The molecular weight excluding hydrogens is 241 g/mol. The molecule has 1 fully saturated rings. The number of fused-ring (bicyclic) bond motifs is 1. The van der Waals surface area contributed by atoms with E-state index in [1.165, 1.54) is 12.8 Å². The lowest BCUT2D eigenvalue weighted by molar-refractivity contribution is 0.218. The molecule has 0 amide bonds. The average Bonchev–Trinajstić information content (AvgIpc) is 2.61. The summed E-state index contributed by atoms with van der Waals surface area (Å²) in [4.78, 5) is 0. The molecule has 1 saturated carbocycles. The predicted molar refractivity (Wildman–Crippen MR) is 69.2 cm³/mol. The van der Waals surface area contributed by atoms with Crippen molar-refractivity contribution in [1.82, 2.24) is 0 Å². The maximum atomic E-state index is 6.13. The van der Waals surface area contributed by atoms with Crippen molar-refractivity contribution in [3.63, 3.8) is 0 Å². The van der Waals surface area contributed by atoms with E-state index in [9.17, 15) is 0 Å². The molecule has 3 heteroatoms. The smallest absolute Gasteiger partial charge is 0.0638 e. The number of halogens is 2. The van der Waals surface area contributed by atoms with Crippen molar-refractivity contribution in [3.8, 4) is 0 Å². The lowest BCUT2D eigenvalue weighted by Crippen LogP contribution is -2.43. The highest BCUT2D eigenvalue weighted by Gasteiger charge is 2.41. The molecule has 3 rings (SSSR count). The minimum atomic E-state index is 0.528. The van der Waals surface area contributed by atoms with E-state index in [0.29, 0.717) is 12.0 Å². The van der Waals surface area contributed by atoms with Crippen LogP contribution in [0.1, 0.15) is 12.8 Å². The first kappa shape index (κ1) is 10.5. The summed E-state index contributed by atoms with van der Waals surface area (Å²) < 4.78 is 0. The van der Waals surface area contributed by atoms with Gasteiger partial charge in [0, 0.05) is 17.0 Å². The summed E-state index contributed by atoms with van der Waals surface area (Å²) in [6.45, 7) is 0. The van der Waals surface area contributed by atoms with Crippen LogP contribution >= 0.6 is 23.2 Å². The normalized spacial score (nSPS) is 31.0. The lowest BCUT2D eigenvalue weighted by Gasteiger charge is -2.41. The molecular formula is C13H13Cl2N. The molecule has 0 bridgehead atoms. The third-order valence-corrected chi connectivity index (χ3v) is 4.20. The van der Waals surface area contributed by atoms with Crippen molar-refractivity contribution in [2.75, 3.05) is 5.32 Å². The molecule has 3 atom stereocenters. The number of benzene rings is 1. The van der Waals surface area contributed by atoms with Crippen LogP contribution in [0.2, 0.25) is 10.0 Å². The zero-order valence-corrected chi connectivity index (χ0v) is 10.3. The quantitative estimate of drug-likeness (QED) is 0.773. The summed E-state index contributed by atoms with van der Waals surface area (Å²) in [7, 11) is 0. The molecule has 16 heavy (non-hydrogen) atoms. The van der Waals surface area contributed by atoms with E-state index < -0.39 is 0 Å². The van der Waals surface area contributed by atoms with Crippen molar-refractivity contribution in [1.29, 1.82) is 0 Å². The van der Waals surface area contributed by atoms with Crippen LogP contribution in [0.5, 0.6) is 0 Å². The van der Waals surface area contributed by atoms with Crippen LogP contribution in [0.25, 0.3) is 0 Å². The largest absolute Gasteiger partial charge is 0.380 e. The first-order valence-corrected chi connectivity index (χ1v) is 6.38. The van der Waals surface area contributed by atoms with Crippen LogP contribution in [0.4, 0.5) is 5.69 Å². The predicted octanol–water partition coefficient (Wildman–Crippen LogP) is 4.37. The maximum Gasteiger partial charge on any atom is 0.0638 e. The number of hydrogen-bond acceptors (Lipinski definition) is 1. The van der Waals surface area contributed by atoms with Gasteiger partial charge in [0.25, 0.3) is 0 Å². The third kappa shape index (κ3) is 1.72. The van der Waals surface area contributed by atoms with Crippen LogP contribution in [0.15, 0.2) is 30.4 Å². The molecule has 0 radical (unpaired) electrons. The van der Waals surface area contributed by atoms with Crippen LogP contribution in [-0.2, 0) is 0 Å². The Balaban J connectivity index is 1.75. The van der Waals surface area contributed by atoms with E-state index in [2.05, 4.69) is 17.5 Å². The number of allylic oxidation sites excluding steroid dienone is 1. The molecule has 0 aromatic heterocycles. The van der Waals surface area contributed by atoms with Gasteiger partial charge in [0.2, 0.25) is 0 Å². The SMILES string of the molecule is Clc1ccc(Cl)c(NC2CC3CC=CC32)c1. The van der Waals surface area contributed by atoms with Gasteiger partial charge in [0.15, 0.2) is 0 Å². The van der Waals surface area contributed by atoms with Crippen molar-refractivity contribution >= 4 is 28.9 Å². The van der Waals surface area contributed by atoms with Gasteiger partial charge in [-0.05, 0) is 37.0 Å². The molecule has 1 aromatic carbocycles. The van der Waals surface area contributed by atoms with Crippen LogP contribution in [-0.4, -0.2) is 6.04 Å². The van der Waals surface area contributed by atoms with E-state index in [1.54, 1.807) is 0 Å². The number of anilines is 1. The Bertz CT molecular complexity index is 442. The van der Waals surface area contributed by atoms with Crippen molar-refractivity contribution in [2.45, 2.75) is 18.9 Å². The molecule has 1 nitrogen and oxygen atoms in total. The van der Waals surface area contributed by atoms with Gasteiger partial charge in [-0.25, -0.2) is 0 Å². The zero-order chi connectivity index (χ0) is 11.1. The summed E-state index contributed by atoms with van der Waals surface area (Å²) in [5.41, 5.74) is 0.956. The minimum absolute atomic E-state index is 0.528. The molecule has 84 valence electrons. The Morgan fingerprint density at radius 1 is 1.25 bits per heavy atom. The van der Waals surface area contributed by atoms with Gasteiger partial charge < -0.3 is 5.32 Å². The Morgan fingerprint density at radius 3 is 2.94 bits per heavy atom. The van der Waals surface area contributed by atoms with Crippen LogP contribution in [0.3, 0.4) is 0 Å². The van der Waals surface area contributed by atoms with Crippen molar-refractivity contribution < 1.29 is 0 Å². The van der Waals surface area contributed by atoms with Gasteiger partial charge in [-0.15, -0.1) is 0 Å². The van der Waals surface area contributed by atoms with E-state index in [1.807, 2.05) is 18.2 Å².